The lowest BCUT2D eigenvalue weighted by Crippen LogP contribution is -2.19. The third kappa shape index (κ3) is 1.17. The molecule has 20 heavy (non-hydrogen) atoms. The highest BCUT2D eigenvalue weighted by molar-refractivity contribution is 6.30. The molecule has 1 aliphatic heterocycles. The first-order valence-corrected chi connectivity index (χ1v) is 6.17. The van der Waals surface area contributed by atoms with Crippen molar-refractivity contribution in [1.82, 2.24) is 9.88 Å². The minimum absolute atomic E-state index is 0.132. The van der Waals surface area contributed by atoms with E-state index in [4.69, 9.17) is 0 Å². The standard InChI is InChI=1S/C15H10N2O3/c1-17-10-4-2-7(18)6-9(10)12-11(17)5-3-8-13(12)15(20)16-14(8)19/h2-6,18H,1H3,(H,16,19,20). The molecule has 1 aliphatic rings. The number of aromatic nitrogens is 1. The summed E-state index contributed by atoms with van der Waals surface area (Å²) in [6.45, 7) is 0. The van der Waals surface area contributed by atoms with Gasteiger partial charge in [-0.3, -0.25) is 14.9 Å². The van der Waals surface area contributed by atoms with Crippen molar-refractivity contribution in [1.29, 1.82) is 0 Å². The van der Waals surface area contributed by atoms with E-state index in [-0.39, 0.29) is 17.6 Å². The molecule has 0 radical (unpaired) electrons. The van der Waals surface area contributed by atoms with Crippen molar-refractivity contribution in [2.45, 2.75) is 0 Å². The Morgan fingerprint density at radius 3 is 2.60 bits per heavy atom. The van der Waals surface area contributed by atoms with Crippen LogP contribution in [0.4, 0.5) is 0 Å². The van der Waals surface area contributed by atoms with Crippen LogP contribution in [-0.2, 0) is 7.05 Å². The maximum atomic E-state index is 12.0. The van der Waals surface area contributed by atoms with E-state index in [1.54, 1.807) is 24.3 Å². The molecule has 0 aliphatic carbocycles. The predicted molar refractivity (Wildman–Crippen MR) is 73.9 cm³/mol. The number of hydrogen-bond donors (Lipinski definition) is 2. The van der Waals surface area contributed by atoms with Gasteiger partial charge in [0.25, 0.3) is 11.8 Å². The molecule has 2 amide bonds. The van der Waals surface area contributed by atoms with E-state index in [0.717, 1.165) is 16.4 Å². The molecule has 2 heterocycles. The first-order valence-electron chi connectivity index (χ1n) is 6.17. The Morgan fingerprint density at radius 1 is 1.05 bits per heavy atom. The second-order valence-corrected chi connectivity index (χ2v) is 4.93. The van der Waals surface area contributed by atoms with Crippen LogP contribution >= 0.6 is 0 Å². The van der Waals surface area contributed by atoms with Crippen molar-refractivity contribution in [3.8, 4) is 5.75 Å². The van der Waals surface area contributed by atoms with Gasteiger partial charge in [0.2, 0.25) is 0 Å². The van der Waals surface area contributed by atoms with Crippen LogP contribution in [0.5, 0.6) is 5.75 Å². The highest BCUT2D eigenvalue weighted by atomic mass is 16.3. The Balaban J connectivity index is 2.31. The number of phenolic OH excluding ortho intramolecular Hbond substituents is 1. The first-order chi connectivity index (χ1) is 9.58. The number of nitrogens with one attached hydrogen (secondary N) is 1. The molecule has 0 spiro atoms. The number of imide groups is 1. The SMILES string of the molecule is Cn1c2ccc(O)cc2c2c3c(ccc21)C(=O)NC3=O. The maximum Gasteiger partial charge on any atom is 0.259 e. The zero-order valence-electron chi connectivity index (χ0n) is 10.6. The van der Waals surface area contributed by atoms with Crippen LogP contribution in [0.25, 0.3) is 21.8 Å². The van der Waals surface area contributed by atoms with Crippen LogP contribution in [0.3, 0.4) is 0 Å². The number of carbonyl (C=O) groups excluding carboxylic acids is 2. The van der Waals surface area contributed by atoms with E-state index in [0.29, 0.717) is 16.5 Å². The molecular formula is C15H10N2O3. The van der Waals surface area contributed by atoms with Crippen molar-refractivity contribution < 1.29 is 14.7 Å². The molecule has 0 fully saturated rings. The number of rotatable bonds is 0. The third-order valence-electron chi connectivity index (χ3n) is 3.85. The van der Waals surface area contributed by atoms with E-state index in [1.165, 1.54) is 0 Å². The van der Waals surface area contributed by atoms with Crippen LogP contribution in [0.15, 0.2) is 30.3 Å². The van der Waals surface area contributed by atoms with Crippen molar-refractivity contribution in [2.75, 3.05) is 0 Å². The van der Waals surface area contributed by atoms with Crippen LogP contribution in [-0.4, -0.2) is 21.5 Å². The highest BCUT2D eigenvalue weighted by Gasteiger charge is 2.30. The van der Waals surface area contributed by atoms with Gasteiger partial charge in [-0.25, -0.2) is 0 Å². The molecule has 5 nitrogen and oxygen atoms in total. The van der Waals surface area contributed by atoms with Crippen LogP contribution < -0.4 is 5.32 Å². The van der Waals surface area contributed by atoms with Gasteiger partial charge in [-0.15, -0.1) is 0 Å². The monoisotopic (exact) mass is 266 g/mol. The zero-order chi connectivity index (χ0) is 14.0. The second kappa shape index (κ2) is 3.39. The molecule has 2 aromatic carbocycles. The lowest BCUT2D eigenvalue weighted by molar-refractivity contribution is 0.0880. The molecule has 0 saturated heterocycles. The maximum absolute atomic E-state index is 12.0. The number of hydrogen-bond acceptors (Lipinski definition) is 3. The fourth-order valence-corrected chi connectivity index (χ4v) is 2.95. The van der Waals surface area contributed by atoms with Gasteiger partial charge >= 0.3 is 0 Å². The highest BCUT2D eigenvalue weighted by Crippen LogP contribution is 2.35. The summed E-state index contributed by atoms with van der Waals surface area (Å²) in [7, 11) is 1.89. The quantitative estimate of drug-likeness (QED) is 0.611. The number of fused-ring (bicyclic) bond motifs is 5. The van der Waals surface area contributed by atoms with Crippen molar-refractivity contribution in [2.24, 2.45) is 7.05 Å². The average Bonchev–Trinajstić information content (AvgIpc) is 2.86. The van der Waals surface area contributed by atoms with Gasteiger partial charge in [0.15, 0.2) is 0 Å². The number of phenols is 1. The fourth-order valence-electron chi connectivity index (χ4n) is 2.95. The van der Waals surface area contributed by atoms with Gasteiger partial charge in [-0.2, -0.15) is 0 Å². The van der Waals surface area contributed by atoms with E-state index in [9.17, 15) is 14.7 Å². The second-order valence-electron chi connectivity index (χ2n) is 4.93. The van der Waals surface area contributed by atoms with E-state index in [2.05, 4.69) is 5.32 Å². The molecule has 98 valence electrons. The molecule has 0 bridgehead atoms. The number of nitrogens with zero attached hydrogens (tertiary/aromatic N) is 1. The Bertz CT molecular complexity index is 937. The van der Waals surface area contributed by atoms with Gasteiger partial charge in [0.1, 0.15) is 5.75 Å². The molecule has 0 atom stereocenters. The summed E-state index contributed by atoms with van der Waals surface area (Å²) in [5.74, 6) is -0.622. The van der Waals surface area contributed by atoms with Gasteiger partial charge in [0.05, 0.1) is 11.1 Å². The smallest absolute Gasteiger partial charge is 0.259 e. The summed E-state index contributed by atoms with van der Waals surface area (Å²) in [6.07, 6.45) is 0. The lowest BCUT2D eigenvalue weighted by Gasteiger charge is -1.99. The Kier molecular flexibility index (Phi) is 1.87. The minimum Gasteiger partial charge on any atom is -0.508 e. The number of benzene rings is 2. The largest absolute Gasteiger partial charge is 0.508 e. The van der Waals surface area contributed by atoms with E-state index in [1.807, 2.05) is 17.7 Å². The molecule has 5 heteroatoms. The average molecular weight is 266 g/mol. The Labute approximate surface area is 113 Å². The third-order valence-corrected chi connectivity index (χ3v) is 3.85. The number of aryl methyl sites for hydroxylation is 1. The minimum atomic E-state index is -0.383. The van der Waals surface area contributed by atoms with Crippen LogP contribution in [0.2, 0.25) is 0 Å². The number of carbonyl (C=O) groups is 2. The van der Waals surface area contributed by atoms with Gasteiger partial charge in [-0.05, 0) is 30.3 Å². The summed E-state index contributed by atoms with van der Waals surface area (Å²) >= 11 is 0. The Hall–Kier alpha value is -2.82. The number of aromatic hydroxyl groups is 1. The molecule has 3 aromatic rings. The fraction of sp³-hybridized carbons (Fsp3) is 0.0667. The van der Waals surface area contributed by atoms with Crippen LogP contribution in [0.1, 0.15) is 20.7 Å². The molecule has 4 rings (SSSR count). The predicted octanol–water partition coefficient (Wildman–Crippen LogP) is 1.92. The first kappa shape index (κ1) is 11.0. The van der Waals surface area contributed by atoms with E-state index < -0.39 is 0 Å². The zero-order valence-corrected chi connectivity index (χ0v) is 10.6. The summed E-state index contributed by atoms with van der Waals surface area (Å²) in [6, 6.07) is 8.51. The van der Waals surface area contributed by atoms with Crippen LogP contribution in [0, 0.1) is 0 Å². The van der Waals surface area contributed by atoms with E-state index >= 15 is 0 Å². The van der Waals surface area contributed by atoms with Gasteiger partial charge in [0, 0.05) is 28.9 Å². The lowest BCUT2D eigenvalue weighted by atomic mass is 10.0. The molecular weight excluding hydrogens is 256 g/mol. The molecule has 2 N–H and O–H groups in total. The van der Waals surface area contributed by atoms with Crippen molar-refractivity contribution in [3.63, 3.8) is 0 Å². The topological polar surface area (TPSA) is 71.3 Å². The summed E-state index contributed by atoms with van der Waals surface area (Å²) in [4.78, 5) is 23.8. The van der Waals surface area contributed by atoms with Crippen molar-refractivity contribution in [3.05, 3.63) is 41.5 Å². The number of amides is 2. The van der Waals surface area contributed by atoms with Crippen molar-refractivity contribution >= 4 is 33.6 Å². The Morgan fingerprint density at radius 2 is 1.80 bits per heavy atom. The molecule has 1 aromatic heterocycles. The molecule has 0 unspecified atom stereocenters. The normalized spacial score (nSPS) is 14.1. The molecule has 0 saturated carbocycles. The summed E-state index contributed by atoms with van der Waals surface area (Å²) in [5, 5.41) is 13.5. The summed E-state index contributed by atoms with van der Waals surface area (Å²) < 4.78 is 1.94. The van der Waals surface area contributed by atoms with Gasteiger partial charge in [-0.1, -0.05) is 0 Å². The van der Waals surface area contributed by atoms with Gasteiger partial charge < -0.3 is 9.67 Å². The summed E-state index contributed by atoms with van der Waals surface area (Å²) in [5.41, 5.74) is 2.54.